The number of pyridine rings is 1. The van der Waals surface area contributed by atoms with Crippen molar-refractivity contribution in [3.8, 4) is 5.69 Å². The number of rotatable bonds is 3. The fourth-order valence-electron chi connectivity index (χ4n) is 3.41. The number of carbonyl (C=O) groups is 1. The van der Waals surface area contributed by atoms with Crippen molar-refractivity contribution in [3.63, 3.8) is 0 Å². The molecule has 31 heavy (non-hydrogen) atoms. The van der Waals surface area contributed by atoms with Crippen LogP contribution in [0.5, 0.6) is 0 Å². The highest BCUT2D eigenvalue weighted by atomic mass is 19.4. The molecule has 0 saturated carbocycles. The topological polar surface area (TPSA) is 59.0 Å². The highest BCUT2D eigenvalue weighted by molar-refractivity contribution is 6.06. The molecule has 0 spiro atoms. The third kappa shape index (κ3) is 4.07. The van der Waals surface area contributed by atoms with E-state index in [2.05, 4.69) is 15.6 Å². The standard InChI is InChI=1S/C22H16F4N4O/c1-13-11-16-19(3-2-4-20(16)30(13)15-7-9-27-10-8-15)29-21(31)28-14-5-6-18(23)17(12-14)22(24,25)26/h2-12H,1H3,(H2,28,29,31). The van der Waals surface area contributed by atoms with Crippen LogP contribution < -0.4 is 10.6 Å². The largest absolute Gasteiger partial charge is 0.419 e. The van der Waals surface area contributed by atoms with Gasteiger partial charge in [0.2, 0.25) is 0 Å². The van der Waals surface area contributed by atoms with Gasteiger partial charge in [-0.25, -0.2) is 9.18 Å². The number of carbonyl (C=O) groups excluding carboxylic acids is 1. The number of urea groups is 1. The second-order valence-electron chi connectivity index (χ2n) is 6.84. The molecule has 2 amide bonds. The maximum atomic E-state index is 13.4. The normalized spacial score (nSPS) is 11.5. The van der Waals surface area contributed by atoms with E-state index in [1.54, 1.807) is 24.5 Å². The SMILES string of the molecule is Cc1cc2c(NC(=O)Nc3ccc(F)c(C(F)(F)F)c3)cccc2n1-c1ccncc1. The Morgan fingerprint density at radius 3 is 2.45 bits per heavy atom. The highest BCUT2D eigenvalue weighted by Gasteiger charge is 2.34. The lowest BCUT2D eigenvalue weighted by Crippen LogP contribution is -2.20. The number of nitrogens with zero attached hydrogens (tertiary/aromatic N) is 2. The first-order valence-corrected chi connectivity index (χ1v) is 9.20. The predicted octanol–water partition coefficient (Wildman–Crippen LogP) is 6.14. The third-order valence-corrected chi connectivity index (χ3v) is 4.73. The summed E-state index contributed by atoms with van der Waals surface area (Å²) in [5.74, 6) is -1.41. The number of nitrogens with one attached hydrogen (secondary N) is 2. The van der Waals surface area contributed by atoms with Gasteiger partial charge < -0.3 is 15.2 Å². The van der Waals surface area contributed by atoms with E-state index in [4.69, 9.17) is 0 Å². The van der Waals surface area contributed by atoms with Crippen LogP contribution in [0.1, 0.15) is 11.3 Å². The molecule has 4 aromatic rings. The Hall–Kier alpha value is -3.88. The van der Waals surface area contributed by atoms with Crippen LogP contribution in [0, 0.1) is 12.7 Å². The zero-order valence-corrected chi connectivity index (χ0v) is 16.2. The van der Waals surface area contributed by atoms with E-state index >= 15 is 0 Å². The van der Waals surface area contributed by atoms with Crippen molar-refractivity contribution in [2.75, 3.05) is 10.6 Å². The number of amides is 2. The summed E-state index contributed by atoms with van der Waals surface area (Å²) in [5.41, 5.74) is 1.51. The summed E-state index contributed by atoms with van der Waals surface area (Å²) < 4.78 is 54.1. The van der Waals surface area contributed by atoms with Crippen molar-refractivity contribution in [2.24, 2.45) is 0 Å². The maximum Gasteiger partial charge on any atom is 0.419 e. The molecule has 2 aromatic carbocycles. The van der Waals surface area contributed by atoms with Crippen LogP contribution in [0.25, 0.3) is 16.6 Å². The van der Waals surface area contributed by atoms with Crippen LogP contribution in [0.15, 0.2) is 67.0 Å². The number of fused-ring (bicyclic) bond motifs is 1. The molecule has 0 bridgehead atoms. The molecule has 0 aliphatic rings. The molecule has 9 heteroatoms. The van der Waals surface area contributed by atoms with Gasteiger partial charge in [0.05, 0.1) is 16.8 Å². The van der Waals surface area contributed by atoms with Crippen LogP contribution in [-0.4, -0.2) is 15.6 Å². The van der Waals surface area contributed by atoms with Crippen molar-refractivity contribution >= 4 is 28.3 Å². The van der Waals surface area contributed by atoms with Gasteiger partial charge in [0.25, 0.3) is 0 Å². The van der Waals surface area contributed by atoms with E-state index in [1.807, 2.05) is 35.8 Å². The van der Waals surface area contributed by atoms with Crippen LogP contribution in [0.3, 0.4) is 0 Å². The van der Waals surface area contributed by atoms with Gasteiger partial charge in [-0.2, -0.15) is 13.2 Å². The Balaban J connectivity index is 1.62. The van der Waals surface area contributed by atoms with Crippen molar-refractivity contribution in [1.82, 2.24) is 9.55 Å². The van der Waals surface area contributed by atoms with E-state index in [9.17, 15) is 22.4 Å². The molecule has 2 N–H and O–H groups in total. The summed E-state index contributed by atoms with van der Waals surface area (Å²) in [5, 5.41) is 5.72. The second kappa shape index (κ2) is 7.75. The van der Waals surface area contributed by atoms with Crippen molar-refractivity contribution in [2.45, 2.75) is 13.1 Å². The Morgan fingerprint density at radius 1 is 1.00 bits per heavy atom. The van der Waals surface area contributed by atoms with Crippen LogP contribution >= 0.6 is 0 Å². The van der Waals surface area contributed by atoms with E-state index in [-0.39, 0.29) is 5.69 Å². The van der Waals surface area contributed by atoms with E-state index in [1.165, 1.54) is 0 Å². The predicted molar refractivity (Wildman–Crippen MR) is 110 cm³/mol. The monoisotopic (exact) mass is 428 g/mol. The lowest BCUT2D eigenvalue weighted by molar-refractivity contribution is -0.139. The van der Waals surface area contributed by atoms with Crippen molar-refractivity contribution < 1.29 is 22.4 Å². The number of hydrogen-bond acceptors (Lipinski definition) is 2. The summed E-state index contributed by atoms with van der Waals surface area (Å²) in [4.78, 5) is 16.4. The zero-order chi connectivity index (χ0) is 22.2. The molecule has 2 aromatic heterocycles. The number of aryl methyl sites for hydroxylation is 1. The third-order valence-electron chi connectivity index (χ3n) is 4.73. The molecular weight excluding hydrogens is 412 g/mol. The van der Waals surface area contributed by atoms with Crippen molar-refractivity contribution in [1.29, 1.82) is 0 Å². The number of alkyl halides is 3. The number of anilines is 2. The van der Waals surface area contributed by atoms with Crippen molar-refractivity contribution in [3.05, 3.63) is 84.1 Å². The van der Waals surface area contributed by atoms with Crippen LogP contribution in [0.2, 0.25) is 0 Å². The molecule has 5 nitrogen and oxygen atoms in total. The minimum absolute atomic E-state index is 0.177. The molecular formula is C22H16F4N4O. The summed E-state index contributed by atoms with van der Waals surface area (Å²) in [7, 11) is 0. The first kappa shape index (κ1) is 20.4. The Kier molecular flexibility index (Phi) is 5.10. The Morgan fingerprint density at radius 2 is 1.74 bits per heavy atom. The van der Waals surface area contributed by atoms with E-state index < -0.39 is 23.6 Å². The van der Waals surface area contributed by atoms with E-state index in [0.29, 0.717) is 17.8 Å². The Labute approximate surface area is 174 Å². The minimum Gasteiger partial charge on any atom is -0.314 e. The molecule has 2 heterocycles. The average Bonchev–Trinajstić information content (AvgIpc) is 3.06. The zero-order valence-electron chi connectivity index (χ0n) is 16.2. The molecule has 0 aliphatic carbocycles. The molecule has 0 fully saturated rings. The smallest absolute Gasteiger partial charge is 0.314 e. The molecule has 0 unspecified atom stereocenters. The van der Waals surface area contributed by atoms with Gasteiger partial charge in [0, 0.05) is 34.8 Å². The van der Waals surface area contributed by atoms with Crippen LogP contribution in [0.4, 0.5) is 33.7 Å². The van der Waals surface area contributed by atoms with Gasteiger partial charge in [-0.15, -0.1) is 0 Å². The molecule has 158 valence electrons. The number of benzene rings is 2. The second-order valence-corrected chi connectivity index (χ2v) is 6.84. The lowest BCUT2D eigenvalue weighted by Gasteiger charge is -2.12. The van der Waals surface area contributed by atoms with Gasteiger partial charge in [-0.05, 0) is 55.5 Å². The molecule has 0 aliphatic heterocycles. The number of hydrogen-bond donors (Lipinski definition) is 2. The summed E-state index contributed by atoms with van der Waals surface area (Å²) in [6.45, 7) is 1.92. The maximum absolute atomic E-state index is 13.4. The van der Waals surface area contributed by atoms with Crippen LogP contribution in [-0.2, 0) is 6.18 Å². The quantitative estimate of drug-likeness (QED) is 0.385. The van der Waals surface area contributed by atoms with Gasteiger partial charge in [-0.3, -0.25) is 4.98 Å². The average molecular weight is 428 g/mol. The first-order valence-electron chi connectivity index (χ1n) is 9.20. The highest BCUT2D eigenvalue weighted by Crippen LogP contribution is 2.33. The van der Waals surface area contributed by atoms with Gasteiger partial charge in [0.15, 0.2) is 0 Å². The first-order chi connectivity index (χ1) is 14.7. The number of halogens is 4. The number of aromatic nitrogens is 2. The van der Waals surface area contributed by atoms with E-state index in [0.717, 1.165) is 28.4 Å². The Bertz CT molecular complexity index is 1270. The summed E-state index contributed by atoms with van der Waals surface area (Å²) in [6, 6.07) is 12.5. The fourth-order valence-corrected chi connectivity index (χ4v) is 3.41. The molecule has 0 radical (unpaired) electrons. The summed E-state index contributed by atoms with van der Waals surface area (Å²) >= 11 is 0. The summed E-state index contributed by atoms with van der Waals surface area (Å²) in [6.07, 6.45) is -1.51. The van der Waals surface area contributed by atoms with Gasteiger partial charge in [-0.1, -0.05) is 6.07 Å². The molecule has 0 saturated heterocycles. The molecule has 0 atom stereocenters. The molecule has 4 rings (SSSR count). The fraction of sp³-hybridized carbons (Fsp3) is 0.0909. The minimum atomic E-state index is -4.86. The lowest BCUT2D eigenvalue weighted by atomic mass is 10.2. The van der Waals surface area contributed by atoms with Gasteiger partial charge in [0.1, 0.15) is 5.82 Å². The van der Waals surface area contributed by atoms with Gasteiger partial charge >= 0.3 is 12.2 Å².